The van der Waals surface area contributed by atoms with Crippen LogP contribution in [0, 0.1) is 5.41 Å². The van der Waals surface area contributed by atoms with Crippen molar-refractivity contribution in [3.63, 3.8) is 0 Å². The molecule has 0 aromatic carbocycles. The van der Waals surface area contributed by atoms with E-state index >= 15 is 0 Å². The molecule has 4 heteroatoms. The molecule has 0 radical (unpaired) electrons. The number of aliphatic hydroxyl groups is 1. The van der Waals surface area contributed by atoms with Crippen LogP contribution in [-0.4, -0.2) is 34.5 Å². The van der Waals surface area contributed by atoms with Gasteiger partial charge in [0, 0.05) is 25.5 Å². The Morgan fingerprint density at radius 2 is 1.65 bits per heavy atom. The van der Waals surface area contributed by atoms with Crippen LogP contribution in [-0.2, 0) is 9.59 Å². The first-order chi connectivity index (χ1) is 7.88. The van der Waals surface area contributed by atoms with Crippen LogP contribution in [0.25, 0.3) is 0 Å². The summed E-state index contributed by atoms with van der Waals surface area (Å²) in [5, 5.41) is 9.12. The van der Waals surface area contributed by atoms with Gasteiger partial charge in [0.05, 0.1) is 0 Å². The van der Waals surface area contributed by atoms with Crippen LogP contribution in [0.2, 0.25) is 0 Å². The first-order valence-electron chi connectivity index (χ1n) is 6.33. The number of hydrogen-bond donors (Lipinski definition) is 1. The summed E-state index contributed by atoms with van der Waals surface area (Å²) in [6.45, 7) is 6.00. The normalized spacial score (nSPS) is 20.4. The SMILES string of the molecule is CC(C)(C)C(CCO)N1C(=O)CCCCC1=O. The van der Waals surface area contributed by atoms with E-state index in [0.717, 1.165) is 12.8 Å². The van der Waals surface area contributed by atoms with Crippen molar-refractivity contribution in [2.24, 2.45) is 5.41 Å². The fourth-order valence-electron chi connectivity index (χ4n) is 2.35. The van der Waals surface area contributed by atoms with Crippen LogP contribution < -0.4 is 0 Å². The van der Waals surface area contributed by atoms with Gasteiger partial charge >= 0.3 is 0 Å². The number of imide groups is 1. The molecule has 0 aliphatic carbocycles. The Bertz CT molecular complexity index is 276. The fraction of sp³-hybridized carbons (Fsp3) is 0.846. The number of carbonyl (C=O) groups excluding carboxylic acids is 2. The molecule has 98 valence electrons. The van der Waals surface area contributed by atoms with Gasteiger partial charge in [-0.2, -0.15) is 0 Å². The summed E-state index contributed by atoms with van der Waals surface area (Å²) < 4.78 is 0. The van der Waals surface area contributed by atoms with Gasteiger partial charge < -0.3 is 5.11 Å². The highest BCUT2D eigenvalue weighted by Gasteiger charge is 2.37. The number of carbonyl (C=O) groups is 2. The predicted molar refractivity (Wildman–Crippen MR) is 65.3 cm³/mol. The molecule has 4 nitrogen and oxygen atoms in total. The number of likely N-dealkylation sites (tertiary alicyclic amines) is 1. The molecule has 1 aliphatic rings. The molecule has 1 aliphatic heterocycles. The minimum absolute atomic E-state index is 0.000995. The standard InChI is InChI=1S/C13H23NO3/c1-13(2,3)10(8-9-15)14-11(16)6-4-5-7-12(14)17/h10,15H,4-9H2,1-3H3. The van der Waals surface area contributed by atoms with Crippen molar-refractivity contribution in [3.8, 4) is 0 Å². The average molecular weight is 241 g/mol. The second-order valence-electron chi connectivity index (χ2n) is 5.76. The van der Waals surface area contributed by atoms with Gasteiger partial charge in [0.15, 0.2) is 0 Å². The van der Waals surface area contributed by atoms with E-state index in [-0.39, 0.29) is 29.9 Å². The van der Waals surface area contributed by atoms with Gasteiger partial charge in [0.1, 0.15) is 0 Å². The lowest BCUT2D eigenvalue weighted by Gasteiger charge is -2.38. The molecule has 17 heavy (non-hydrogen) atoms. The molecule has 1 rings (SSSR count). The van der Waals surface area contributed by atoms with Gasteiger partial charge in [-0.15, -0.1) is 0 Å². The summed E-state index contributed by atoms with van der Waals surface area (Å²) in [7, 11) is 0. The average Bonchev–Trinajstić information content (AvgIpc) is 2.36. The van der Waals surface area contributed by atoms with E-state index < -0.39 is 0 Å². The second kappa shape index (κ2) is 5.63. The highest BCUT2D eigenvalue weighted by Crippen LogP contribution is 2.29. The molecular weight excluding hydrogens is 218 g/mol. The van der Waals surface area contributed by atoms with Crippen LogP contribution in [0.4, 0.5) is 0 Å². The van der Waals surface area contributed by atoms with Crippen molar-refractivity contribution in [2.45, 2.75) is 58.9 Å². The molecular formula is C13H23NO3. The fourth-order valence-corrected chi connectivity index (χ4v) is 2.35. The van der Waals surface area contributed by atoms with Crippen molar-refractivity contribution in [1.82, 2.24) is 4.90 Å². The third-order valence-electron chi connectivity index (χ3n) is 3.28. The molecule has 1 atom stereocenters. The van der Waals surface area contributed by atoms with E-state index in [1.165, 1.54) is 4.90 Å². The van der Waals surface area contributed by atoms with Crippen molar-refractivity contribution < 1.29 is 14.7 Å². The van der Waals surface area contributed by atoms with Gasteiger partial charge in [0.25, 0.3) is 0 Å². The summed E-state index contributed by atoms with van der Waals surface area (Å²) in [4.78, 5) is 25.4. The van der Waals surface area contributed by atoms with Crippen molar-refractivity contribution in [3.05, 3.63) is 0 Å². The van der Waals surface area contributed by atoms with Gasteiger partial charge in [-0.05, 0) is 24.7 Å². The zero-order valence-corrected chi connectivity index (χ0v) is 11.0. The highest BCUT2D eigenvalue weighted by atomic mass is 16.3. The third kappa shape index (κ3) is 3.53. The highest BCUT2D eigenvalue weighted by molar-refractivity contribution is 5.96. The van der Waals surface area contributed by atoms with Gasteiger partial charge in [-0.3, -0.25) is 14.5 Å². The number of aliphatic hydroxyl groups excluding tert-OH is 1. The number of rotatable bonds is 3. The Morgan fingerprint density at radius 3 is 2.00 bits per heavy atom. The van der Waals surface area contributed by atoms with Gasteiger partial charge in [-0.1, -0.05) is 20.8 Å². The lowest BCUT2D eigenvalue weighted by atomic mass is 9.83. The zero-order valence-electron chi connectivity index (χ0n) is 11.0. The van der Waals surface area contributed by atoms with Crippen LogP contribution in [0.1, 0.15) is 52.9 Å². The molecule has 2 amide bonds. The van der Waals surface area contributed by atoms with Crippen LogP contribution in [0.3, 0.4) is 0 Å². The van der Waals surface area contributed by atoms with E-state index in [1.54, 1.807) is 0 Å². The molecule has 1 unspecified atom stereocenters. The summed E-state index contributed by atoms with van der Waals surface area (Å²) in [6.07, 6.45) is 2.93. The third-order valence-corrected chi connectivity index (χ3v) is 3.28. The van der Waals surface area contributed by atoms with Crippen molar-refractivity contribution >= 4 is 11.8 Å². The van der Waals surface area contributed by atoms with Crippen LogP contribution in [0.5, 0.6) is 0 Å². The Kier molecular flexibility index (Phi) is 4.69. The van der Waals surface area contributed by atoms with E-state index in [9.17, 15) is 9.59 Å². The maximum Gasteiger partial charge on any atom is 0.229 e. The smallest absolute Gasteiger partial charge is 0.229 e. The molecule has 1 fully saturated rings. The van der Waals surface area contributed by atoms with Crippen molar-refractivity contribution in [2.75, 3.05) is 6.61 Å². The van der Waals surface area contributed by atoms with Gasteiger partial charge in [-0.25, -0.2) is 0 Å². The molecule has 1 heterocycles. The van der Waals surface area contributed by atoms with E-state index in [2.05, 4.69) is 0 Å². The maximum absolute atomic E-state index is 12.0. The zero-order chi connectivity index (χ0) is 13.1. The Labute approximate surface area is 103 Å². The quantitative estimate of drug-likeness (QED) is 0.765. The van der Waals surface area contributed by atoms with E-state index in [0.29, 0.717) is 19.3 Å². The molecule has 1 N–H and O–H groups in total. The number of amides is 2. The molecule has 0 bridgehead atoms. The summed E-state index contributed by atoms with van der Waals surface area (Å²) >= 11 is 0. The summed E-state index contributed by atoms with van der Waals surface area (Å²) in [6, 6.07) is -0.203. The second-order valence-corrected chi connectivity index (χ2v) is 5.76. The first-order valence-corrected chi connectivity index (χ1v) is 6.33. The Hall–Kier alpha value is -0.900. The summed E-state index contributed by atoms with van der Waals surface area (Å²) in [5.74, 6) is -0.165. The monoisotopic (exact) mass is 241 g/mol. The first kappa shape index (κ1) is 14.2. The van der Waals surface area contributed by atoms with Crippen LogP contribution in [0.15, 0.2) is 0 Å². The minimum atomic E-state index is -0.203. The molecule has 0 aromatic heterocycles. The molecule has 0 aromatic rings. The van der Waals surface area contributed by atoms with E-state index in [1.807, 2.05) is 20.8 Å². The molecule has 1 saturated heterocycles. The number of nitrogens with zero attached hydrogens (tertiary/aromatic N) is 1. The largest absolute Gasteiger partial charge is 0.396 e. The molecule has 0 saturated carbocycles. The minimum Gasteiger partial charge on any atom is -0.396 e. The van der Waals surface area contributed by atoms with Crippen molar-refractivity contribution in [1.29, 1.82) is 0 Å². The Balaban J connectivity index is 2.96. The number of hydrogen-bond acceptors (Lipinski definition) is 3. The Morgan fingerprint density at radius 1 is 1.18 bits per heavy atom. The maximum atomic E-state index is 12.0. The van der Waals surface area contributed by atoms with Gasteiger partial charge in [0.2, 0.25) is 11.8 Å². The lowest BCUT2D eigenvalue weighted by molar-refractivity contribution is -0.149. The predicted octanol–water partition coefficient (Wildman–Crippen LogP) is 1.71. The van der Waals surface area contributed by atoms with E-state index in [4.69, 9.17) is 5.11 Å². The van der Waals surface area contributed by atoms with Crippen LogP contribution >= 0.6 is 0 Å². The molecule has 0 spiro atoms. The lowest BCUT2D eigenvalue weighted by Crippen LogP contribution is -2.50. The topological polar surface area (TPSA) is 57.6 Å². The summed E-state index contributed by atoms with van der Waals surface area (Å²) in [5.41, 5.74) is -0.196.